The zero-order valence-electron chi connectivity index (χ0n) is 17.6. The molecule has 5 heteroatoms. The largest absolute Gasteiger partial charge is 0.370 e. The van der Waals surface area contributed by atoms with Crippen LogP contribution < -0.4 is 11.1 Å². The van der Waals surface area contributed by atoms with Crippen molar-refractivity contribution in [2.75, 3.05) is 18.4 Å². The molecule has 154 valence electrons. The highest BCUT2D eigenvalue weighted by molar-refractivity contribution is 5.95. The number of anilines is 1. The van der Waals surface area contributed by atoms with Gasteiger partial charge in [-0.25, -0.2) is 4.99 Å². The van der Waals surface area contributed by atoms with Crippen molar-refractivity contribution < 1.29 is 4.79 Å². The maximum Gasteiger partial charge on any atom is 0.253 e. The lowest BCUT2D eigenvalue weighted by molar-refractivity contribution is 0.0724. The molecule has 3 rings (SSSR count). The van der Waals surface area contributed by atoms with E-state index in [9.17, 15) is 4.79 Å². The molecule has 2 aromatic rings. The van der Waals surface area contributed by atoms with Crippen molar-refractivity contribution in [1.29, 1.82) is 0 Å². The van der Waals surface area contributed by atoms with Gasteiger partial charge in [-0.2, -0.15) is 0 Å². The first kappa shape index (κ1) is 20.9. The molecule has 0 saturated carbocycles. The Morgan fingerprint density at radius 2 is 1.62 bits per heavy atom. The molecule has 1 amide bonds. The monoisotopic (exact) mass is 392 g/mol. The Morgan fingerprint density at radius 3 is 2.21 bits per heavy atom. The Morgan fingerprint density at radius 1 is 1.00 bits per heavy atom. The highest BCUT2D eigenvalue weighted by Crippen LogP contribution is 2.22. The maximum absolute atomic E-state index is 12.6. The smallest absolute Gasteiger partial charge is 0.253 e. The van der Waals surface area contributed by atoms with E-state index in [0.29, 0.717) is 12.5 Å². The van der Waals surface area contributed by atoms with E-state index in [1.54, 1.807) is 0 Å². The molecule has 1 aliphatic heterocycles. The van der Waals surface area contributed by atoms with Gasteiger partial charge in [0.05, 0.1) is 6.54 Å². The zero-order valence-corrected chi connectivity index (χ0v) is 17.6. The van der Waals surface area contributed by atoms with E-state index < -0.39 is 0 Å². The van der Waals surface area contributed by atoms with Crippen molar-refractivity contribution in [2.45, 2.75) is 52.5 Å². The van der Waals surface area contributed by atoms with Gasteiger partial charge in [-0.05, 0) is 60.9 Å². The minimum Gasteiger partial charge on any atom is -0.370 e. The number of nitrogens with zero attached hydrogens (tertiary/aromatic N) is 2. The quantitative estimate of drug-likeness (QED) is 0.567. The number of hydrogen-bond acceptors (Lipinski definition) is 2. The van der Waals surface area contributed by atoms with Crippen molar-refractivity contribution in [3.05, 3.63) is 64.7 Å². The van der Waals surface area contributed by atoms with E-state index in [1.807, 2.05) is 29.2 Å². The molecule has 1 saturated heterocycles. The van der Waals surface area contributed by atoms with Crippen molar-refractivity contribution in [3.8, 4) is 0 Å². The summed E-state index contributed by atoms with van der Waals surface area (Å²) in [5.74, 6) is 0.540. The number of nitrogens with two attached hydrogens (primary N) is 1. The molecule has 5 nitrogen and oxygen atoms in total. The van der Waals surface area contributed by atoms with Crippen LogP contribution in [0.2, 0.25) is 0 Å². The summed E-state index contributed by atoms with van der Waals surface area (Å²) in [6.45, 7) is 6.49. The number of aliphatic imine (C=N–C) groups is 1. The van der Waals surface area contributed by atoms with Gasteiger partial charge in [-0.1, -0.05) is 44.2 Å². The molecule has 3 N–H and O–H groups in total. The van der Waals surface area contributed by atoms with E-state index in [4.69, 9.17) is 5.73 Å². The topological polar surface area (TPSA) is 70.7 Å². The fraction of sp³-hybridized carbons (Fsp3) is 0.417. The van der Waals surface area contributed by atoms with E-state index in [-0.39, 0.29) is 5.91 Å². The van der Waals surface area contributed by atoms with Crippen LogP contribution in [0.15, 0.2) is 47.5 Å². The Balaban J connectivity index is 1.63. The molecule has 1 aliphatic rings. The number of piperidine rings is 1. The van der Waals surface area contributed by atoms with Crippen LogP contribution in [0, 0.1) is 0 Å². The normalized spacial score (nSPS) is 14.7. The van der Waals surface area contributed by atoms with Crippen molar-refractivity contribution >= 4 is 17.6 Å². The van der Waals surface area contributed by atoms with Crippen LogP contribution in [-0.2, 0) is 19.4 Å². The lowest BCUT2D eigenvalue weighted by Crippen LogP contribution is -2.35. The Labute approximate surface area is 174 Å². The number of hydrogen-bond donors (Lipinski definition) is 2. The molecular formula is C24H32N4O. The third-order valence-electron chi connectivity index (χ3n) is 5.53. The second-order valence-electron chi connectivity index (χ2n) is 7.53. The van der Waals surface area contributed by atoms with Crippen molar-refractivity contribution in [3.63, 3.8) is 0 Å². The summed E-state index contributed by atoms with van der Waals surface area (Å²) in [7, 11) is 0. The maximum atomic E-state index is 12.6. The summed E-state index contributed by atoms with van der Waals surface area (Å²) in [5, 5.41) is 3.29. The third kappa shape index (κ3) is 5.37. The minimum atomic E-state index is 0.129. The SMILES string of the molecule is CCc1cccc(CC)c1NC(N)=NCc1ccc(C(=O)N2CCCCC2)cc1. The molecular weight excluding hydrogens is 360 g/mol. The number of guanidine groups is 1. The molecule has 1 heterocycles. The van der Waals surface area contributed by atoms with Gasteiger partial charge in [0.15, 0.2) is 5.96 Å². The first-order chi connectivity index (χ1) is 14.1. The van der Waals surface area contributed by atoms with Crippen LogP contribution in [0.1, 0.15) is 60.2 Å². The van der Waals surface area contributed by atoms with Gasteiger partial charge in [0, 0.05) is 24.3 Å². The van der Waals surface area contributed by atoms with Crippen LogP contribution in [-0.4, -0.2) is 29.9 Å². The molecule has 0 aliphatic carbocycles. The number of amides is 1. The number of carbonyl (C=O) groups is 1. The molecule has 0 aromatic heterocycles. The number of likely N-dealkylation sites (tertiary alicyclic amines) is 1. The molecule has 0 atom stereocenters. The second kappa shape index (κ2) is 10.1. The van der Waals surface area contributed by atoms with Crippen LogP contribution in [0.4, 0.5) is 5.69 Å². The first-order valence-corrected chi connectivity index (χ1v) is 10.7. The average molecular weight is 393 g/mol. The number of aryl methyl sites for hydroxylation is 2. The summed E-state index contributed by atoms with van der Waals surface area (Å²) in [6.07, 6.45) is 5.31. The van der Waals surface area contributed by atoms with Gasteiger partial charge in [0.1, 0.15) is 0 Å². The lowest BCUT2D eigenvalue weighted by Gasteiger charge is -2.26. The highest BCUT2D eigenvalue weighted by atomic mass is 16.2. The zero-order chi connectivity index (χ0) is 20.6. The summed E-state index contributed by atoms with van der Waals surface area (Å²) in [5.41, 5.74) is 11.5. The van der Waals surface area contributed by atoms with Crippen LogP contribution in [0.3, 0.4) is 0 Å². The first-order valence-electron chi connectivity index (χ1n) is 10.7. The van der Waals surface area contributed by atoms with Gasteiger partial charge >= 0.3 is 0 Å². The Kier molecular flexibility index (Phi) is 7.28. The second-order valence-corrected chi connectivity index (χ2v) is 7.53. The highest BCUT2D eigenvalue weighted by Gasteiger charge is 2.17. The molecule has 0 bridgehead atoms. The van der Waals surface area contributed by atoms with Crippen LogP contribution >= 0.6 is 0 Å². The molecule has 0 radical (unpaired) electrons. The molecule has 29 heavy (non-hydrogen) atoms. The van der Waals surface area contributed by atoms with Gasteiger partial charge < -0.3 is 16.0 Å². The molecule has 2 aromatic carbocycles. The standard InChI is InChI=1S/C24H32N4O/c1-3-19-9-8-10-20(4-2)22(19)27-24(25)26-17-18-11-13-21(14-12-18)23(29)28-15-6-5-7-16-28/h8-14H,3-7,15-17H2,1-2H3,(H3,25,26,27). The molecule has 0 unspecified atom stereocenters. The van der Waals surface area contributed by atoms with Crippen molar-refractivity contribution in [1.82, 2.24) is 4.90 Å². The third-order valence-corrected chi connectivity index (χ3v) is 5.53. The van der Waals surface area contributed by atoms with E-state index in [0.717, 1.165) is 55.6 Å². The average Bonchev–Trinajstić information content (AvgIpc) is 2.78. The summed E-state index contributed by atoms with van der Waals surface area (Å²) in [6, 6.07) is 14.0. The summed E-state index contributed by atoms with van der Waals surface area (Å²) >= 11 is 0. The van der Waals surface area contributed by atoms with Crippen LogP contribution in [0.5, 0.6) is 0 Å². The van der Waals surface area contributed by atoms with E-state index >= 15 is 0 Å². The predicted molar refractivity (Wildman–Crippen MR) is 120 cm³/mol. The predicted octanol–water partition coefficient (Wildman–Crippen LogP) is 4.36. The minimum absolute atomic E-state index is 0.129. The number of benzene rings is 2. The van der Waals surface area contributed by atoms with Gasteiger partial charge in [-0.3, -0.25) is 4.79 Å². The van der Waals surface area contributed by atoms with Gasteiger partial charge in [0.25, 0.3) is 5.91 Å². The number of carbonyl (C=O) groups excluding carboxylic acids is 1. The van der Waals surface area contributed by atoms with Crippen molar-refractivity contribution in [2.24, 2.45) is 10.7 Å². The summed E-state index contributed by atoms with van der Waals surface area (Å²) in [4.78, 5) is 19.0. The Hall–Kier alpha value is -2.82. The van der Waals surface area contributed by atoms with Gasteiger partial charge in [-0.15, -0.1) is 0 Å². The number of rotatable bonds is 6. The fourth-order valence-corrected chi connectivity index (χ4v) is 3.78. The molecule has 0 spiro atoms. The summed E-state index contributed by atoms with van der Waals surface area (Å²) < 4.78 is 0. The Bertz CT molecular complexity index is 829. The lowest BCUT2D eigenvalue weighted by atomic mass is 10.0. The fourth-order valence-electron chi connectivity index (χ4n) is 3.78. The van der Waals surface area contributed by atoms with E-state index in [1.165, 1.54) is 17.5 Å². The van der Waals surface area contributed by atoms with Gasteiger partial charge in [0.2, 0.25) is 0 Å². The number of para-hydroxylation sites is 1. The molecule has 1 fully saturated rings. The number of nitrogens with one attached hydrogen (secondary N) is 1. The van der Waals surface area contributed by atoms with E-state index in [2.05, 4.69) is 42.4 Å². The van der Waals surface area contributed by atoms with Crippen LogP contribution in [0.25, 0.3) is 0 Å².